The smallest absolute Gasteiger partial charge is 0.381 e. The van der Waals surface area contributed by atoms with E-state index in [9.17, 15) is 0 Å². The van der Waals surface area contributed by atoms with Crippen LogP contribution in [0.25, 0.3) is 0 Å². The van der Waals surface area contributed by atoms with Crippen LogP contribution in [0, 0.1) is 5.41 Å². The average Bonchev–Trinajstić information content (AvgIpc) is 2.57. The number of ether oxygens (including phenoxy) is 2. The minimum Gasteiger partial charge on any atom is -0.381 e. The van der Waals surface area contributed by atoms with Gasteiger partial charge in [-0.25, -0.2) is 0 Å². The van der Waals surface area contributed by atoms with Crippen LogP contribution >= 0.6 is 0 Å². The quantitative estimate of drug-likeness (QED) is 0.306. The molecule has 1 heterocycles. The molecule has 0 aliphatic carbocycles. The van der Waals surface area contributed by atoms with Crippen molar-refractivity contribution >= 4 is 8.80 Å². The molecule has 0 amide bonds. The van der Waals surface area contributed by atoms with Crippen molar-refractivity contribution in [3.05, 3.63) is 0 Å². The molecule has 1 aliphatic rings. The molecule has 1 saturated heterocycles. The minimum atomic E-state index is -2.56. The Labute approximate surface area is 149 Å². The number of hydrogen-bond donors (Lipinski definition) is 0. The van der Waals surface area contributed by atoms with E-state index < -0.39 is 8.80 Å². The first kappa shape index (κ1) is 22.1. The van der Waals surface area contributed by atoms with E-state index >= 15 is 0 Å². The summed E-state index contributed by atoms with van der Waals surface area (Å²) in [7, 11) is -2.56. The third-order valence-electron chi connectivity index (χ3n) is 4.32. The summed E-state index contributed by atoms with van der Waals surface area (Å²) in [4.78, 5) is 0. The van der Waals surface area contributed by atoms with Crippen LogP contribution in [0.15, 0.2) is 0 Å². The van der Waals surface area contributed by atoms with Crippen LogP contribution in [-0.4, -0.2) is 55.1 Å². The van der Waals surface area contributed by atoms with Crippen LogP contribution in [0.3, 0.4) is 0 Å². The first-order valence-electron chi connectivity index (χ1n) is 9.73. The van der Waals surface area contributed by atoms with E-state index in [4.69, 9.17) is 22.8 Å². The van der Waals surface area contributed by atoms with Crippen molar-refractivity contribution in [2.75, 3.05) is 46.2 Å². The molecule has 24 heavy (non-hydrogen) atoms. The van der Waals surface area contributed by atoms with Crippen molar-refractivity contribution in [1.29, 1.82) is 0 Å². The molecule has 0 atom stereocenters. The summed E-state index contributed by atoms with van der Waals surface area (Å²) in [5, 5.41) is 0. The maximum Gasteiger partial charge on any atom is 0.501 e. The van der Waals surface area contributed by atoms with E-state index in [-0.39, 0.29) is 5.41 Å². The maximum atomic E-state index is 6.10. The van der Waals surface area contributed by atoms with E-state index in [1.54, 1.807) is 0 Å². The molecule has 5 nitrogen and oxygen atoms in total. The normalized spacial score (nSPS) is 17.0. The Morgan fingerprint density at radius 2 is 1.38 bits per heavy atom. The number of rotatable bonds is 16. The lowest BCUT2D eigenvalue weighted by Gasteiger charge is -2.40. The Bertz CT molecular complexity index is 283. The van der Waals surface area contributed by atoms with Crippen molar-refractivity contribution < 1.29 is 22.8 Å². The fourth-order valence-corrected chi connectivity index (χ4v) is 5.38. The van der Waals surface area contributed by atoms with Crippen LogP contribution in [0.1, 0.15) is 59.8 Å². The molecular weight excluding hydrogens is 324 g/mol. The van der Waals surface area contributed by atoms with Crippen LogP contribution in [0.2, 0.25) is 6.04 Å². The van der Waals surface area contributed by atoms with Crippen LogP contribution in [0.5, 0.6) is 0 Å². The third kappa shape index (κ3) is 7.50. The van der Waals surface area contributed by atoms with Gasteiger partial charge in [0.25, 0.3) is 0 Å². The molecule has 0 aromatic carbocycles. The van der Waals surface area contributed by atoms with Crippen LogP contribution < -0.4 is 0 Å². The van der Waals surface area contributed by atoms with Crippen molar-refractivity contribution in [2.45, 2.75) is 65.8 Å². The van der Waals surface area contributed by atoms with E-state index in [0.717, 1.165) is 64.6 Å². The minimum absolute atomic E-state index is 0.255. The summed E-state index contributed by atoms with van der Waals surface area (Å²) in [5.74, 6) is 0. The van der Waals surface area contributed by atoms with Gasteiger partial charge in [0, 0.05) is 37.9 Å². The zero-order valence-electron chi connectivity index (χ0n) is 16.2. The highest BCUT2D eigenvalue weighted by Crippen LogP contribution is 2.31. The van der Waals surface area contributed by atoms with Crippen LogP contribution in [-0.2, 0) is 22.8 Å². The SMILES string of the molecule is CCCO[Si](CCCOCC1(CC)COC1)(OCCC)OCCC. The fraction of sp³-hybridized carbons (Fsp3) is 1.00. The van der Waals surface area contributed by atoms with Crippen LogP contribution in [0.4, 0.5) is 0 Å². The molecule has 1 rings (SSSR count). The van der Waals surface area contributed by atoms with Gasteiger partial charge in [0.15, 0.2) is 0 Å². The van der Waals surface area contributed by atoms with Crippen molar-refractivity contribution in [2.24, 2.45) is 5.41 Å². The summed E-state index contributed by atoms with van der Waals surface area (Å²) < 4.78 is 29.6. The standard InChI is InChI=1S/C18H38O5Si/c1-5-10-21-24(22-11-6-2,23-12-7-3)14-9-13-19-15-18(8-4)16-20-17-18/h5-17H2,1-4H3. The molecule has 6 heteroatoms. The summed E-state index contributed by atoms with van der Waals surface area (Å²) in [6.45, 7) is 13.9. The first-order chi connectivity index (χ1) is 11.7. The Hall–Kier alpha value is 0.0169. The lowest BCUT2D eigenvalue weighted by molar-refractivity contribution is -0.150. The zero-order chi connectivity index (χ0) is 17.7. The zero-order valence-corrected chi connectivity index (χ0v) is 17.2. The average molecular weight is 363 g/mol. The second-order valence-electron chi connectivity index (χ2n) is 6.73. The molecular formula is C18H38O5Si. The maximum absolute atomic E-state index is 6.10. The van der Waals surface area contributed by atoms with Gasteiger partial charge < -0.3 is 22.8 Å². The molecule has 0 aromatic heterocycles. The highest BCUT2D eigenvalue weighted by Gasteiger charge is 2.41. The Morgan fingerprint density at radius 1 is 0.833 bits per heavy atom. The monoisotopic (exact) mass is 362 g/mol. The molecule has 0 bridgehead atoms. The van der Waals surface area contributed by atoms with Gasteiger partial charge in [0.2, 0.25) is 0 Å². The summed E-state index contributed by atoms with van der Waals surface area (Å²) in [6.07, 6.45) is 4.98. The van der Waals surface area contributed by atoms with Gasteiger partial charge in [-0.3, -0.25) is 0 Å². The molecule has 0 N–H and O–H groups in total. The van der Waals surface area contributed by atoms with E-state index in [1.165, 1.54) is 0 Å². The van der Waals surface area contributed by atoms with Gasteiger partial charge in [-0.1, -0.05) is 27.7 Å². The first-order valence-corrected chi connectivity index (χ1v) is 11.7. The second kappa shape index (κ2) is 12.4. The van der Waals surface area contributed by atoms with E-state index in [1.807, 2.05) is 0 Å². The molecule has 144 valence electrons. The van der Waals surface area contributed by atoms with Gasteiger partial charge in [-0.15, -0.1) is 0 Å². The summed E-state index contributed by atoms with van der Waals surface area (Å²) in [6, 6.07) is 0.836. The fourth-order valence-electron chi connectivity index (χ4n) is 2.57. The predicted molar refractivity (Wildman–Crippen MR) is 98.3 cm³/mol. The molecule has 1 fully saturated rings. The molecule has 1 aliphatic heterocycles. The summed E-state index contributed by atoms with van der Waals surface area (Å²) in [5.41, 5.74) is 0.255. The van der Waals surface area contributed by atoms with Gasteiger partial charge >= 0.3 is 8.80 Å². The van der Waals surface area contributed by atoms with Gasteiger partial charge in [-0.2, -0.15) is 0 Å². The van der Waals surface area contributed by atoms with Crippen molar-refractivity contribution in [3.63, 3.8) is 0 Å². The molecule has 0 radical (unpaired) electrons. The van der Waals surface area contributed by atoms with E-state index in [2.05, 4.69) is 27.7 Å². The van der Waals surface area contributed by atoms with Crippen molar-refractivity contribution in [1.82, 2.24) is 0 Å². The second-order valence-corrected chi connectivity index (χ2v) is 9.46. The highest BCUT2D eigenvalue weighted by molar-refractivity contribution is 6.60. The molecule has 0 spiro atoms. The Morgan fingerprint density at radius 3 is 1.75 bits per heavy atom. The molecule has 0 unspecified atom stereocenters. The summed E-state index contributed by atoms with van der Waals surface area (Å²) >= 11 is 0. The molecule has 0 aromatic rings. The third-order valence-corrected chi connectivity index (χ3v) is 7.22. The van der Waals surface area contributed by atoms with Gasteiger partial charge in [0.05, 0.1) is 19.8 Å². The molecule has 0 saturated carbocycles. The predicted octanol–water partition coefficient (Wildman–Crippen LogP) is 4.04. The topological polar surface area (TPSA) is 46.2 Å². The lowest BCUT2D eigenvalue weighted by Crippen LogP contribution is -2.47. The lowest BCUT2D eigenvalue weighted by atomic mass is 9.84. The highest BCUT2D eigenvalue weighted by atomic mass is 28.4. The Kier molecular flexibility index (Phi) is 11.4. The van der Waals surface area contributed by atoms with Gasteiger partial charge in [0.1, 0.15) is 0 Å². The van der Waals surface area contributed by atoms with E-state index in [0.29, 0.717) is 19.8 Å². The largest absolute Gasteiger partial charge is 0.501 e. The Balaban J connectivity index is 2.40. The van der Waals surface area contributed by atoms with Crippen molar-refractivity contribution in [3.8, 4) is 0 Å². The van der Waals surface area contributed by atoms with Gasteiger partial charge in [-0.05, 0) is 32.1 Å². The number of hydrogen-bond acceptors (Lipinski definition) is 5.